The van der Waals surface area contributed by atoms with E-state index in [1.165, 1.54) is 37.9 Å². The van der Waals surface area contributed by atoms with Crippen LogP contribution < -0.4 is 23.5 Å². The Hall–Kier alpha value is -3.52. The van der Waals surface area contributed by atoms with Gasteiger partial charge in [0, 0.05) is 31.6 Å². The molecule has 0 spiro atoms. The summed E-state index contributed by atoms with van der Waals surface area (Å²) in [5.74, 6) is 2.65. The minimum atomic E-state index is -0.298. The van der Waals surface area contributed by atoms with E-state index in [-0.39, 0.29) is 12.9 Å². The predicted octanol–water partition coefficient (Wildman–Crippen LogP) is 4.54. The van der Waals surface area contributed by atoms with Crippen molar-refractivity contribution >= 4 is 16.9 Å². The molecule has 3 aromatic rings. The molecule has 0 bridgehead atoms. The van der Waals surface area contributed by atoms with E-state index in [0.717, 1.165) is 72.4 Å². The molecular weight excluding hydrogens is 482 g/mol. The number of likely N-dealkylation sites (tertiary alicyclic amines) is 2. The van der Waals surface area contributed by atoms with Gasteiger partial charge in [-0.15, -0.1) is 0 Å². The first kappa shape index (κ1) is 23.6. The van der Waals surface area contributed by atoms with Crippen LogP contribution in [-0.2, 0) is 13.0 Å². The Labute approximate surface area is 222 Å². The fourth-order valence-corrected chi connectivity index (χ4v) is 6.51. The Morgan fingerprint density at radius 2 is 1.79 bits per heavy atom. The number of ether oxygens (including phenoxy) is 4. The Morgan fingerprint density at radius 1 is 1.00 bits per heavy atom. The van der Waals surface area contributed by atoms with Crippen LogP contribution in [0.2, 0.25) is 0 Å². The highest BCUT2D eigenvalue weighted by atomic mass is 16.7. The third-order valence-corrected chi connectivity index (χ3v) is 8.62. The van der Waals surface area contributed by atoms with Gasteiger partial charge in [0.25, 0.3) is 0 Å². The Bertz CT molecular complexity index is 1390. The van der Waals surface area contributed by atoms with E-state index in [4.69, 9.17) is 18.9 Å². The van der Waals surface area contributed by atoms with Crippen molar-refractivity contribution in [1.82, 2.24) is 9.80 Å². The quantitative estimate of drug-likeness (QED) is 0.477. The molecule has 0 atom stereocenters. The number of benzene rings is 2. The highest BCUT2D eigenvalue weighted by Gasteiger charge is 2.31. The van der Waals surface area contributed by atoms with Crippen LogP contribution in [0, 0.1) is 0 Å². The number of aromatic nitrogens is 1. The minimum absolute atomic E-state index is 0.264. The van der Waals surface area contributed by atoms with Gasteiger partial charge in [0.05, 0.1) is 18.1 Å². The minimum Gasteiger partial charge on any atom is -0.493 e. The van der Waals surface area contributed by atoms with Crippen LogP contribution in [0.1, 0.15) is 37.7 Å². The van der Waals surface area contributed by atoms with Gasteiger partial charge in [0.15, 0.2) is 35.7 Å². The van der Waals surface area contributed by atoms with E-state index in [1.54, 1.807) is 7.11 Å². The number of hydrogen-bond acceptors (Lipinski definition) is 6. The summed E-state index contributed by atoms with van der Waals surface area (Å²) in [7, 11) is 1.62. The van der Waals surface area contributed by atoms with Crippen LogP contribution in [-0.4, -0.2) is 62.0 Å². The second-order valence-corrected chi connectivity index (χ2v) is 10.7. The lowest BCUT2D eigenvalue weighted by Gasteiger charge is -2.39. The van der Waals surface area contributed by atoms with E-state index in [9.17, 15) is 4.79 Å². The number of methoxy groups -OCH3 is 1. The largest absolute Gasteiger partial charge is 0.493 e. The number of hydrogen-bond donors (Lipinski definition) is 0. The van der Waals surface area contributed by atoms with Crippen molar-refractivity contribution in [2.24, 2.45) is 0 Å². The third kappa shape index (κ3) is 4.11. The zero-order chi connectivity index (χ0) is 25.6. The lowest BCUT2D eigenvalue weighted by molar-refractivity contribution is -0.686. The number of amides is 1. The van der Waals surface area contributed by atoms with Crippen molar-refractivity contribution in [2.45, 2.75) is 51.1 Å². The van der Waals surface area contributed by atoms with Gasteiger partial charge in [-0.1, -0.05) is 6.42 Å². The molecule has 198 valence electrons. The average Bonchev–Trinajstić information content (AvgIpc) is 3.43. The molecule has 1 aromatic heterocycles. The highest BCUT2D eigenvalue weighted by molar-refractivity contribution is 5.93. The second kappa shape index (κ2) is 9.66. The van der Waals surface area contributed by atoms with Gasteiger partial charge in [0.1, 0.15) is 0 Å². The molecule has 1 amide bonds. The first-order valence-corrected chi connectivity index (χ1v) is 13.9. The van der Waals surface area contributed by atoms with Crippen molar-refractivity contribution in [3.05, 3.63) is 42.1 Å². The summed E-state index contributed by atoms with van der Waals surface area (Å²) in [6, 6.07) is 10.8. The summed E-state index contributed by atoms with van der Waals surface area (Å²) >= 11 is 0. The van der Waals surface area contributed by atoms with Crippen molar-refractivity contribution < 1.29 is 28.3 Å². The molecule has 8 nitrogen and oxygen atoms in total. The maximum absolute atomic E-state index is 13.3. The van der Waals surface area contributed by atoms with Crippen LogP contribution in [0.3, 0.4) is 0 Å². The normalized spacial score (nSPS) is 19.2. The number of aryl methyl sites for hydroxylation is 2. The summed E-state index contributed by atoms with van der Waals surface area (Å²) in [6.07, 6.45) is 8.61. The number of pyridine rings is 1. The van der Waals surface area contributed by atoms with Crippen LogP contribution in [0.4, 0.5) is 4.79 Å². The SMILES string of the molecule is COc1ccc2cc3[n+](cc2c1OC(=O)N1CCC(N2CCCCC2)CC1)CCc1cc2c(cc1-3)OCO2. The van der Waals surface area contributed by atoms with Crippen molar-refractivity contribution in [3.8, 4) is 34.3 Å². The molecule has 0 aliphatic carbocycles. The molecule has 4 aliphatic rings. The molecular formula is C30H34N3O5+. The topological polar surface area (TPSA) is 64.4 Å². The molecule has 8 heteroatoms. The average molecular weight is 517 g/mol. The Balaban J connectivity index is 1.16. The Morgan fingerprint density at radius 3 is 2.58 bits per heavy atom. The summed E-state index contributed by atoms with van der Waals surface area (Å²) in [6.45, 7) is 4.93. The predicted molar refractivity (Wildman–Crippen MR) is 142 cm³/mol. The van der Waals surface area contributed by atoms with Gasteiger partial charge >= 0.3 is 6.09 Å². The molecule has 0 N–H and O–H groups in total. The summed E-state index contributed by atoms with van der Waals surface area (Å²) in [5.41, 5.74) is 3.51. The lowest BCUT2D eigenvalue weighted by Crippen LogP contribution is -2.48. The molecule has 7 rings (SSSR count). The molecule has 2 fully saturated rings. The van der Waals surface area contributed by atoms with Gasteiger partial charge in [0.2, 0.25) is 12.5 Å². The summed E-state index contributed by atoms with van der Waals surface area (Å²) in [5, 5.41) is 1.86. The van der Waals surface area contributed by atoms with Crippen LogP contribution in [0.15, 0.2) is 36.5 Å². The zero-order valence-electron chi connectivity index (χ0n) is 21.9. The monoisotopic (exact) mass is 516 g/mol. The molecule has 0 saturated carbocycles. The molecule has 0 radical (unpaired) electrons. The number of fused-ring (bicyclic) bond motifs is 5. The number of piperidine rings is 2. The van der Waals surface area contributed by atoms with E-state index < -0.39 is 0 Å². The fraction of sp³-hybridized carbons (Fsp3) is 0.467. The second-order valence-electron chi connectivity index (χ2n) is 10.7. The van der Waals surface area contributed by atoms with Gasteiger partial charge in [-0.2, -0.15) is 4.57 Å². The fourth-order valence-electron chi connectivity index (χ4n) is 6.51. The maximum atomic E-state index is 13.3. The van der Waals surface area contributed by atoms with E-state index in [2.05, 4.69) is 33.9 Å². The Kier molecular flexibility index (Phi) is 5.99. The van der Waals surface area contributed by atoms with Gasteiger partial charge < -0.3 is 28.7 Å². The van der Waals surface area contributed by atoms with Gasteiger partial charge in [-0.3, -0.25) is 0 Å². The van der Waals surface area contributed by atoms with Crippen molar-refractivity contribution in [3.63, 3.8) is 0 Å². The first-order valence-electron chi connectivity index (χ1n) is 13.9. The van der Waals surface area contributed by atoms with Gasteiger partial charge in [-0.05, 0) is 74.0 Å². The molecule has 2 aromatic carbocycles. The highest BCUT2D eigenvalue weighted by Crippen LogP contribution is 2.42. The lowest BCUT2D eigenvalue weighted by atomic mass is 9.95. The number of carbonyl (C=O) groups is 1. The molecule has 38 heavy (non-hydrogen) atoms. The molecule has 2 saturated heterocycles. The van der Waals surface area contributed by atoms with Crippen LogP contribution in [0.5, 0.6) is 23.0 Å². The van der Waals surface area contributed by atoms with E-state index in [1.807, 2.05) is 17.0 Å². The molecule has 5 heterocycles. The summed E-state index contributed by atoms with van der Waals surface area (Å²) < 4.78 is 25.2. The number of carbonyl (C=O) groups excluding carboxylic acids is 1. The number of nitrogens with zero attached hydrogens (tertiary/aromatic N) is 3. The smallest absolute Gasteiger partial charge is 0.415 e. The summed E-state index contributed by atoms with van der Waals surface area (Å²) in [4.78, 5) is 17.8. The van der Waals surface area contributed by atoms with Crippen molar-refractivity contribution in [2.75, 3.05) is 40.1 Å². The molecule has 4 aliphatic heterocycles. The number of rotatable bonds is 3. The maximum Gasteiger partial charge on any atom is 0.415 e. The third-order valence-electron chi connectivity index (χ3n) is 8.62. The first-order chi connectivity index (χ1) is 18.7. The van der Waals surface area contributed by atoms with Crippen LogP contribution >= 0.6 is 0 Å². The van der Waals surface area contributed by atoms with E-state index >= 15 is 0 Å². The zero-order valence-corrected chi connectivity index (χ0v) is 21.9. The van der Waals surface area contributed by atoms with E-state index in [0.29, 0.717) is 17.5 Å². The van der Waals surface area contributed by atoms with Crippen molar-refractivity contribution in [1.29, 1.82) is 0 Å². The standard InChI is InChI=1S/C30H34N3O5/c1-35-26-6-5-20-15-25-23-17-28-27(36-19-37-28)16-21(23)7-12-33(25)18-24(20)29(26)38-30(34)32-13-8-22(9-14-32)31-10-3-2-4-11-31/h5-6,15-18,22H,2-4,7-14,19H2,1H3/q+1. The van der Waals surface area contributed by atoms with Gasteiger partial charge in [-0.25, -0.2) is 4.79 Å². The van der Waals surface area contributed by atoms with Crippen LogP contribution in [0.25, 0.3) is 22.0 Å². The molecule has 0 unspecified atom stereocenters.